The van der Waals surface area contributed by atoms with Crippen molar-refractivity contribution in [2.45, 2.75) is 24.3 Å². The molecular formula is C13H20ClN3O3S. The lowest BCUT2D eigenvalue weighted by molar-refractivity contribution is 0.1000. The van der Waals surface area contributed by atoms with E-state index in [1.54, 1.807) is 0 Å². The van der Waals surface area contributed by atoms with E-state index in [1.165, 1.54) is 28.6 Å². The van der Waals surface area contributed by atoms with Crippen LogP contribution in [0.4, 0.5) is 0 Å². The summed E-state index contributed by atoms with van der Waals surface area (Å²) < 4.78 is 26.4. The number of nitrogens with zero attached hydrogens (tertiary/aromatic N) is 1. The molecule has 1 aromatic rings. The highest BCUT2D eigenvalue weighted by molar-refractivity contribution is 7.89. The Labute approximate surface area is 130 Å². The van der Waals surface area contributed by atoms with E-state index in [-0.39, 0.29) is 29.3 Å². The first kappa shape index (κ1) is 17.9. The average Bonchev–Trinajstić information content (AvgIpc) is 2.89. The number of halogens is 1. The van der Waals surface area contributed by atoms with Crippen LogP contribution in [0, 0.1) is 5.92 Å². The van der Waals surface area contributed by atoms with Crippen molar-refractivity contribution >= 4 is 28.3 Å². The molecule has 4 N–H and O–H groups in total. The van der Waals surface area contributed by atoms with Crippen LogP contribution in [0.15, 0.2) is 29.2 Å². The zero-order valence-corrected chi connectivity index (χ0v) is 13.4. The molecule has 1 amide bonds. The molecule has 118 valence electrons. The second kappa shape index (κ2) is 6.74. The van der Waals surface area contributed by atoms with Gasteiger partial charge < -0.3 is 11.5 Å². The molecule has 1 aromatic carbocycles. The lowest BCUT2D eigenvalue weighted by atomic mass is 10.0. The topological polar surface area (TPSA) is 106 Å². The predicted molar refractivity (Wildman–Crippen MR) is 82.7 cm³/mol. The van der Waals surface area contributed by atoms with Crippen molar-refractivity contribution in [1.82, 2.24) is 4.31 Å². The number of hydrogen-bond donors (Lipinski definition) is 2. The van der Waals surface area contributed by atoms with E-state index in [4.69, 9.17) is 11.5 Å². The van der Waals surface area contributed by atoms with Gasteiger partial charge in [0.15, 0.2) is 0 Å². The summed E-state index contributed by atoms with van der Waals surface area (Å²) >= 11 is 0. The molecule has 1 heterocycles. The largest absolute Gasteiger partial charge is 0.366 e. The maximum absolute atomic E-state index is 12.5. The van der Waals surface area contributed by atoms with Crippen LogP contribution in [0.3, 0.4) is 0 Å². The number of amides is 1. The van der Waals surface area contributed by atoms with Crippen LogP contribution in [0.5, 0.6) is 0 Å². The minimum atomic E-state index is -3.52. The van der Waals surface area contributed by atoms with Gasteiger partial charge in [0.05, 0.1) is 4.90 Å². The van der Waals surface area contributed by atoms with Crippen LogP contribution in [0.2, 0.25) is 0 Å². The monoisotopic (exact) mass is 333 g/mol. The highest BCUT2D eigenvalue weighted by Crippen LogP contribution is 2.25. The maximum Gasteiger partial charge on any atom is 0.248 e. The molecule has 1 aliphatic heterocycles. The van der Waals surface area contributed by atoms with Crippen LogP contribution in [0.1, 0.15) is 23.7 Å². The van der Waals surface area contributed by atoms with E-state index in [2.05, 4.69) is 0 Å². The SMILES string of the molecule is CC(N)C1CCN(S(=O)(=O)c2ccc(C(N)=O)cc2)C1.Cl. The quantitative estimate of drug-likeness (QED) is 0.839. The number of carbonyl (C=O) groups excluding carboxylic acids is 1. The van der Waals surface area contributed by atoms with Crippen molar-refractivity contribution in [1.29, 1.82) is 0 Å². The third kappa shape index (κ3) is 3.74. The molecule has 2 unspecified atom stereocenters. The maximum atomic E-state index is 12.5. The second-order valence-corrected chi connectivity index (χ2v) is 7.10. The van der Waals surface area contributed by atoms with Crippen LogP contribution in [-0.4, -0.2) is 37.8 Å². The molecule has 21 heavy (non-hydrogen) atoms. The van der Waals surface area contributed by atoms with Crippen LogP contribution >= 0.6 is 12.4 Å². The van der Waals surface area contributed by atoms with E-state index >= 15 is 0 Å². The summed E-state index contributed by atoms with van der Waals surface area (Å²) in [5.41, 5.74) is 11.2. The Bertz CT molecular complexity index is 602. The standard InChI is InChI=1S/C13H19N3O3S.ClH/c1-9(14)11-6-7-16(8-11)20(18,19)12-4-2-10(3-5-12)13(15)17;/h2-5,9,11H,6-8,14H2,1H3,(H2,15,17);1H. The van der Waals surface area contributed by atoms with Gasteiger partial charge in [0.1, 0.15) is 0 Å². The molecule has 0 bridgehead atoms. The van der Waals surface area contributed by atoms with Crippen molar-refractivity contribution < 1.29 is 13.2 Å². The number of nitrogens with two attached hydrogens (primary N) is 2. The zero-order valence-electron chi connectivity index (χ0n) is 11.7. The van der Waals surface area contributed by atoms with Crippen molar-refractivity contribution in [3.8, 4) is 0 Å². The highest BCUT2D eigenvalue weighted by atomic mass is 35.5. The summed E-state index contributed by atoms with van der Waals surface area (Å²) in [5, 5.41) is 0. The predicted octanol–water partition coefficient (Wildman–Crippen LogP) is 0.565. The highest BCUT2D eigenvalue weighted by Gasteiger charge is 2.33. The van der Waals surface area contributed by atoms with E-state index in [1.807, 2.05) is 6.92 Å². The Hall–Kier alpha value is -1.15. The normalized spacial score (nSPS) is 20.8. The van der Waals surface area contributed by atoms with Crippen molar-refractivity contribution in [3.05, 3.63) is 29.8 Å². The lowest BCUT2D eigenvalue weighted by Crippen LogP contribution is -2.33. The fraction of sp³-hybridized carbons (Fsp3) is 0.462. The summed E-state index contributed by atoms with van der Waals surface area (Å²) in [4.78, 5) is 11.2. The molecule has 1 saturated heterocycles. The molecule has 0 aliphatic carbocycles. The zero-order chi connectivity index (χ0) is 14.9. The molecule has 2 rings (SSSR count). The third-order valence-electron chi connectivity index (χ3n) is 3.71. The molecular weight excluding hydrogens is 314 g/mol. The molecule has 0 aromatic heterocycles. The first-order chi connectivity index (χ1) is 9.32. The fourth-order valence-corrected chi connectivity index (χ4v) is 3.85. The molecule has 0 spiro atoms. The summed E-state index contributed by atoms with van der Waals surface area (Å²) in [6.45, 7) is 2.81. The fourth-order valence-electron chi connectivity index (χ4n) is 2.34. The van der Waals surface area contributed by atoms with Gasteiger partial charge in [-0.05, 0) is 43.5 Å². The number of rotatable bonds is 4. The van der Waals surface area contributed by atoms with Gasteiger partial charge in [-0.2, -0.15) is 4.31 Å². The smallest absolute Gasteiger partial charge is 0.248 e. The Kier molecular flexibility index (Phi) is 5.75. The third-order valence-corrected chi connectivity index (χ3v) is 5.59. The first-order valence-corrected chi connectivity index (χ1v) is 7.92. The number of carbonyl (C=O) groups is 1. The van der Waals surface area contributed by atoms with Gasteiger partial charge in [-0.25, -0.2) is 8.42 Å². The lowest BCUT2D eigenvalue weighted by Gasteiger charge is -2.18. The van der Waals surface area contributed by atoms with Gasteiger partial charge in [0, 0.05) is 24.7 Å². The van der Waals surface area contributed by atoms with Gasteiger partial charge in [0.2, 0.25) is 15.9 Å². The second-order valence-electron chi connectivity index (χ2n) is 5.16. The van der Waals surface area contributed by atoms with Crippen LogP contribution in [-0.2, 0) is 10.0 Å². The molecule has 0 radical (unpaired) electrons. The molecule has 8 heteroatoms. The van der Waals surface area contributed by atoms with Gasteiger partial charge in [-0.15, -0.1) is 12.4 Å². The molecule has 6 nitrogen and oxygen atoms in total. The van der Waals surface area contributed by atoms with Gasteiger partial charge in [0.25, 0.3) is 0 Å². The van der Waals surface area contributed by atoms with Gasteiger partial charge in [-0.1, -0.05) is 0 Å². The Morgan fingerprint density at radius 3 is 2.33 bits per heavy atom. The number of sulfonamides is 1. The van der Waals surface area contributed by atoms with E-state index < -0.39 is 15.9 Å². The van der Waals surface area contributed by atoms with Crippen molar-refractivity contribution in [2.75, 3.05) is 13.1 Å². The minimum absolute atomic E-state index is 0. The van der Waals surface area contributed by atoms with Gasteiger partial charge in [-0.3, -0.25) is 4.79 Å². The molecule has 2 atom stereocenters. The van der Waals surface area contributed by atoms with Gasteiger partial charge >= 0.3 is 0 Å². The summed E-state index contributed by atoms with van der Waals surface area (Å²) in [7, 11) is -3.52. The Morgan fingerprint density at radius 1 is 1.33 bits per heavy atom. The van der Waals surface area contributed by atoms with Crippen molar-refractivity contribution in [2.24, 2.45) is 17.4 Å². The average molecular weight is 334 g/mol. The summed E-state index contributed by atoms with van der Waals surface area (Å²) in [6.07, 6.45) is 0.774. The number of benzene rings is 1. The Balaban J connectivity index is 0.00000220. The minimum Gasteiger partial charge on any atom is -0.366 e. The van der Waals surface area contributed by atoms with Crippen molar-refractivity contribution in [3.63, 3.8) is 0 Å². The van der Waals surface area contributed by atoms with E-state index in [9.17, 15) is 13.2 Å². The first-order valence-electron chi connectivity index (χ1n) is 6.48. The molecule has 0 saturated carbocycles. The molecule has 1 aliphatic rings. The van der Waals surface area contributed by atoms with E-state index in [0.717, 1.165) is 6.42 Å². The van der Waals surface area contributed by atoms with Crippen LogP contribution < -0.4 is 11.5 Å². The summed E-state index contributed by atoms with van der Waals surface area (Å²) in [5.74, 6) is -0.387. The molecule has 1 fully saturated rings. The summed E-state index contributed by atoms with van der Waals surface area (Å²) in [6, 6.07) is 5.65. The Morgan fingerprint density at radius 2 is 1.90 bits per heavy atom. The van der Waals surface area contributed by atoms with Crippen LogP contribution in [0.25, 0.3) is 0 Å². The van der Waals surface area contributed by atoms with E-state index in [0.29, 0.717) is 18.7 Å². The number of primary amides is 1. The number of hydrogen-bond acceptors (Lipinski definition) is 4.